The van der Waals surface area contributed by atoms with Crippen molar-refractivity contribution < 1.29 is 14.2 Å². The third kappa shape index (κ3) is 3.39. The first-order valence-electron chi connectivity index (χ1n) is 9.22. The van der Waals surface area contributed by atoms with E-state index in [0.717, 1.165) is 19.5 Å². The van der Waals surface area contributed by atoms with E-state index in [0.29, 0.717) is 23.5 Å². The maximum Gasteiger partial charge on any atom is 0.167 e. The summed E-state index contributed by atoms with van der Waals surface area (Å²) in [6.45, 7) is 6.13. The summed E-state index contributed by atoms with van der Waals surface area (Å²) in [6, 6.07) is 0. The lowest BCUT2D eigenvalue weighted by Crippen LogP contribution is -2.39. The van der Waals surface area contributed by atoms with E-state index in [1.807, 2.05) is 18.4 Å². The molecule has 0 aliphatic carbocycles. The van der Waals surface area contributed by atoms with Crippen molar-refractivity contribution in [1.29, 1.82) is 0 Å². The molecule has 0 aromatic carbocycles. The number of nitrogens with zero attached hydrogens (tertiary/aromatic N) is 5. The van der Waals surface area contributed by atoms with Gasteiger partial charge in [0, 0.05) is 6.54 Å². The van der Waals surface area contributed by atoms with Crippen LogP contribution in [0.5, 0.6) is 0 Å². The van der Waals surface area contributed by atoms with Gasteiger partial charge in [0.2, 0.25) is 0 Å². The van der Waals surface area contributed by atoms with Gasteiger partial charge < -0.3 is 30.6 Å². The number of likely N-dealkylation sites (N-methyl/N-ethyl adjacent to an activating group) is 1. The summed E-state index contributed by atoms with van der Waals surface area (Å²) in [5.41, 5.74) is 12.7. The zero-order valence-electron chi connectivity index (χ0n) is 15.9. The molecule has 2 aromatic rings. The van der Waals surface area contributed by atoms with Gasteiger partial charge in [-0.15, -0.1) is 0 Å². The van der Waals surface area contributed by atoms with Crippen molar-refractivity contribution in [3.05, 3.63) is 12.7 Å². The number of fused-ring (bicyclic) bond motifs is 2. The SMILES string of the molecule is CN(CCCN)CC1OC(n2cnc3c(N)ncnc32)C2OC(C)(C)OC12. The van der Waals surface area contributed by atoms with E-state index in [1.165, 1.54) is 6.33 Å². The summed E-state index contributed by atoms with van der Waals surface area (Å²) in [7, 11) is 2.06. The molecule has 10 nitrogen and oxygen atoms in total. The molecule has 4 rings (SSSR count). The Morgan fingerprint density at radius 3 is 2.78 bits per heavy atom. The molecule has 0 spiro atoms. The molecule has 10 heteroatoms. The first-order chi connectivity index (χ1) is 12.9. The van der Waals surface area contributed by atoms with Crippen molar-refractivity contribution in [2.75, 3.05) is 32.4 Å². The van der Waals surface area contributed by atoms with E-state index in [1.54, 1.807) is 6.33 Å². The van der Waals surface area contributed by atoms with Gasteiger partial charge in [0.15, 0.2) is 23.5 Å². The van der Waals surface area contributed by atoms with Gasteiger partial charge in [0.05, 0.1) is 6.33 Å². The number of imidazole rings is 1. The van der Waals surface area contributed by atoms with Crippen LogP contribution in [0, 0.1) is 0 Å². The molecule has 0 saturated carbocycles. The van der Waals surface area contributed by atoms with Crippen LogP contribution in [0.2, 0.25) is 0 Å². The van der Waals surface area contributed by atoms with E-state index in [4.69, 9.17) is 25.7 Å². The van der Waals surface area contributed by atoms with Gasteiger partial charge in [-0.2, -0.15) is 0 Å². The Bertz CT molecular complexity index is 811. The summed E-state index contributed by atoms with van der Waals surface area (Å²) in [4.78, 5) is 14.9. The Morgan fingerprint density at radius 1 is 1.22 bits per heavy atom. The highest BCUT2D eigenvalue weighted by Crippen LogP contribution is 2.43. The largest absolute Gasteiger partial charge is 0.382 e. The predicted octanol–water partition coefficient (Wildman–Crippen LogP) is 0.107. The normalized spacial score (nSPS) is 29.7. The summed E-state index contributed by atoms with van der Waals surface area (Å²) >= 11 is 0. The van der Waals surface area contributed by atoms with Crippen molar-refractivity contribution >= 4 is 17.0 Å². The molecule has 4 heterocycles. The average Bonchev–Trinajstić information content (AvgIpc) is 3.26. The van der Waals surface area contributed by atoms with Crippen LogP contribution in [-0.4, -0.2) is 75.2 Å². The first kappa shape index (κ1) is 18.5. The standard InChI is InChI=1S/C17H27N7O3/c1-17(2)26-12-10(7-23(3)6-4-5-18)25-16(13(12)27-17)24-9-22-11-14(19)20-8-21-15(11)24/h8-10,12-13,16H,4-7,18H2,1-3H3,(H2,19,20,21). The average molecular weight is 377 g/mol. The number of anilines is 1. The third-order valence-electron chi connectivity index (χ3n) is 5.02. The molecule has 4 atom stereocenters. The second-order valence-corrected chi connectivity index (χ2v) is 7.62. The number of aromatic nitrogens is 4. The molecule has 4 N–H and O–H groups in total. The molecule has 0 amide bonds. The van der Waals surface area contributed by atoms with Crippen LogP contribution in [0.25, 0.3) is 11.2 Å². The van der Waals surface area contributed by atoms with Crippen LogP contribution < -0.4 is 11.5 Å². The van der Waals surface area contributed by atoms with E-state index >= 15 is 0 Å². The number of nitrogens with two attached hydrogens (primary N) is 2. The molecular weight excluding hydrogens is 350 g/mol. The van der Waals surface area contributed by atoms with E-state index in [-0.39, 0.29) is 18.3 Å². The number of ether oxygens (including phenoxy) is 3. The quantitative estimate of drug-likeness (QED) is 0.721. The summed E-state index contributed by atoms with van der Waals surface area (Å²) in [5, 5.41) is 0. The van der Waals surface area contributed by atoms with Crippen molar-refractivity contribution in [2.24, 2.45) is 5.73 Å². The van der Waals surface area contributed by atoms with Gasteiger partial charge in [0.1, 0.15) is 30.2 Å². The molecule has 2 aromatic heterocycles. The van der Waals surface area contributed by atoms with Crippen LogP contribution in [-0.2, 0) is 14.2 Å². The molecule has 0 bridgehead atoms. The van der Waals surface area contributed by atoms with E-state index in [9.17, 15) is 0 Å². The molecule has 2 aliphatic rings. The summed E-state index contributed by atoms with van der Waals surface area (Å²) in [6.07, 6.45) is 3.06. The molecule has 27 heavy (non-hydrogen) atoms. The molecular formula is C17H27N7O3. The minimum Gasteiger partial charge on any atom is -0.382 e. The molecule has 2 aliphatic heterocycles. The minimum atomic E-state index is -0.671. The van der Waals surface area contributed by atoms with Gasteiger partial charge >= 0.3 is 0 Å². The third-order valence-corrected chi connectivity index (χ3v) is 5.02. The first-order valence-corrected chi connectivity index (χ1v) is 9.22. The van der Waals surface area contributed by atoms with Crippen molar-refractivity contribution in [3.63, 3.8) is 0 Å². The van der Waals surface area contributed by atoms with Gasteiger partial charge in [-0.05, 0) is 40.4 Å². The van der Waals surface area contributed by atoms with Gasteiger partial charge in [-0.25, -0.2) is 15.0 Å². The smallest absolute Gasteiger partial charge is 0.167 e. The molecule has 4 unspecified atom stereocenters. The second kappa shape index (κ2) is 6.95. The van der Waals surface area contributed by atoms with Crippen LogP contribution in [0.1, 0.15) is 26.5 Å². The van der Waals surface area contributed by atoms with E-state index in [2.05, 4.69) is 26.9 Å². The Balaban J connectivity index is 1.62. The number of nitrogen functional groups attached to an aromatic ring is 1. The highest BCUT2D eigenvalue weighted by Gasteiger charge is 2.56. The van der Waals surface area contributed by atoms with Gasteiger partial charge in [-0.3, -0.25) is 4.57 Å². The fourth-order valence-electron chi connectivity index (χ4n) is 3.85. The maximum absolute atomic E-state index is 6.36. The van der Waals surface area contributed by atoms with Crippen molar-refractivity contribution in [1.82, 2.24) is 24.4 Å². The highest BCUT2D eigenvalue weighted by molar-refractivity contribution is 5.81. The molecule has 0 radical (unpaired) electrons. The van der Waals surface area contributed by atoms with Crippen LogP contribution >= 0.6 is 0 Å². The van der Waals surface area contributed by atoms with Crippen LogP contribution in [0.4, 0.5) is 5.82 Å². The van der Waals surface area contributed by atoms with Gasteiger partial charge in [-0.1, -0.05) is 0 Å². The van der Waals surface area contributed by atoms with E-state index < -0.39 is 12.0 Å². The lowest BCUT2D eigenvalue weighted by molar-refractivity contribution is -0.197. The lowest BCUT2D eigenvalue weighted by Gasteiger charge is -2.27. The molecule has 148 valence electrons. The number of hydrogen-bond acceptors (Lipinski definition) is 9. The fourth-order valence-corrected chi connectivity index (χ4v) is 3.85. The highest BCUT2D eigenvalue weighted by atomic mass is 16.8. The summed E-state index contributed by atoms with van der Waals surface area (Å²) in [5.74, 6) is -0.328. The number of hydrogen-bond donors (Lipinski definition) is 2. The van der Waals surface area contributed by atoms with Crippen LogP contribution in [0.3, 0.4) is 0 Å². The van der Waals surface area contributed by atoms with Gasteiger partial charge in [0.25, 0.3) is 0 Å². The Morgan fingerprint density at radius 2 is 2.00 bits per heavy atom. The maximum atomic E-state index is 6.36. The second-order valence-electron chi connectivity index (χ2n) is 7.62. The number of rotatable bonds is 6. The molecule has 2 saturated heterocycles. The van der Waals surface area contributed by atoms with Crippen LogP contribution in [0.15, 0.2) is 12.7 Å². The zero-order chi connectivity index (χ0) is 19.2. The van der Waals surface area contributed by atoms with Crippen molar-refractivity contribution in [3.8, 4) is 0 Å². The predicted molar refractivity (Wildman–Crippen MR) is 98.6 cm³/mol. The zero-order valence-corrected chi connectivity index (χ0v) is 15.9. The Labute approximate surface area is 157 Å². The minimum absolute atomic E-state index is 0.138. The monoisotopic (exact) mass is 377 g/mol. The Kier molecular flexibility index (Phi) is 4.77. The van der Waals surface area contributed by atoms with Crippen molar-refractivity contribution in [2.45, 2.75) is 50.6 Å². The molecule has 2 fully saturated rings. The Hall–Kier alpha value is -1.85. The summed E-state index contributed by atoms with van der Waals surface area (Å²) < 4.78 is 20.6. The fraction of sp³-hybridized carbons (Fsp3) is 0.706. The topological polar surface area (TPSA) is 127 Å². The lowest BCUT2D eigenvalue weighted by atomic mass is 10.1.